The van der Waals surface area contributed by atoms with Crippen LogP contribution in [-0.2, 0) is 6.54 Å². The molecule has 4 nitrogen and oxygen atoms in total. The number of ether oxygens (including phenoxy) is 1. The van der Waals surface area contributed by atoms with Crippen LogP contribution in [0.3, 0.4) is 0 Å². The van der Waals surface area contributed by atoms with Crippen LogP contribution in [-0.4, -0.2) is 16.3 Å². The van der Waals surface area contributed by atoms with Gasteiger partial charge in [-0.05, 0) is 19.9 Å². The molecular formula is C9H14N2O2. The van der Waals surface area contributed by atoms with Gasteiger partial charge >= 0.3 is 0 Å². The second-order valence-electron chi connectivity index (χ2n) is 2.97. The predicted molar refractivity (Wildman–Crippen MR) is 48.6 cm³/mol. The SMILES string of the molecule is CC(C)Oc1cccc(CNO)n1. The highest BCUT2D eigenvalue weighted by Crippen LogP contribution is 2.09. The highest BCUT2D eigenvalue weighted by Gasteiger charge is 1.99. The Morgan fingerprint density at radius 1 is 1.54 bits per heavy atom. The molecule has 0 saturated carbocycles. The minimum absolute atomic E-state index is 0.116. The molecule has 0 spiro atoms. The summed E-state index contributed by atoms with van der Waals surface area (Å²) in [4.78, 5) is 4.16. The number of rotatable bonds is 4. The molecule has 0 radical (unpaired) electrons. The van der Waals surface area contributed by atoms with Crippen molar-refractivity contribution in [2.24, 2.45) is 0 Å². The molecule has 0 saturated heterocycles. The molecule has 13 heavy (non-hydrogen) atoms. The van der Waals surface area contributed by atoms with Crippen molar-refractivity contribution in [3.8, 4) is 5.88 Å². The molecule has 2 N–H and O–H groups in total. The van der Waals surface area contributed by atoms with E-state index in [0.29, 0.717) is 12.4 Å². The lowest BCUT2D eigenvalue weighted by Crippen LogP contribution is -2.10. The molecule has 0 aromatic carbocycles. The molecule has 1 aromatic rings. The zero-order chi connectivity index (χ0) is 9.68. The van der Waals surface area contributed by atoms with Crippen molar-refractivity contribution in [3.05, 3.63) is 23.9 Å². The van der Waals surface area contributed by atoms with Crippen molar-refractivity contribution in [1.82, 2.24) is 10.5 Å². The Morgan fingerprint density at radius 3 is 2.92 bits per heavy atom. The first-order valence-corrected chi connectivity index (χ1v) is 4.22. The molecule has 0 unspecified atom stereocenters. The molecule has 0 aliphatic rings. The van der Waals surface area contributed by atoms with Crippen LogP contribution in [0.15, 0.2) is 18.2 Å². The molecular weight excluding hydrogens is 168 g/mol. The Hall–Kier alpha value is -1.13. The summed E-state index contributed by atoms with van der Waals surface area (Å²) in [5, 5.41) is 8.46. The van der Waals surface area contributed by atoms with Gasteiger partial charge in [-0.1, -0.05) is 6.07 Å². The Kier molecular flexibility index (Phi) is 3.67. The van der Waals surface area contributed by atoms with E-state index in [1.165, 1.54) is 0 Å². The van der Waals surface area contributed by atoms with Gasteiger partial charge in [-0.25, -0.2) is 4.98 Å². The van der Waals surface area contributed by atoms with Gasteiger partial charge in [-0.15, -0.1) is 0 Å². The molecule has 0 aliphatic carbocycles. The molecule has 0 fully saturated rings. The summed E-state index contributed by atoms with van der Waals surface area (Å²) < 4.78 is 5.38. The second kappa shape index (κ2) is 4.79. The summed E-state index contributed by atoms with van der Waals surface area (Å²) in [5.74, 6) is 0.586. The molecule has 1 heterocycles. The van der Waals surface area contributed by atoms with Gasteiger partial charge in [0.2, 0.25) is 5.88 Å². The normalized spacial score (nSPS) is 10.5. The number of hydrogen-bond donors (Lipinski definition) is 2. The van der Waals surface area contributed by atoms with E-state index in [4.69, 9.17) is 9.94 Å². The monoisotopic (exact) mass is 182 g/mol. The van der Waals surface area contributed by atoms with E-state index in [1.807, 2.05) is 31.5 Å². The van der Waals surface area contributed by atoms with E-state index in [9.17, 15) is 0 Å². The fourth-order valence-electron chi connectivity index (χ4n) is 0.944. The van der Waals surface area contributed by atoms with Gasteiger partial charge in [0.25, 0.3) is 0 Å². The number of hydrogen-bond acceptors (Lipinski definition) is 4. The lowest BCUT2D eigenvalue weighted by atomic mass is 10.3. The van der Waals surface area contributed by atoms with Crippen LogP contribution in [0.25, 0.3) is 0 Å². The van der Waals surface area contributed by atoms with Gasteiger partial charge < -0.3 is 9.94 Å². The third-order valence-electron chi connectivity index (χ3n) is 1.40. The summed E-state index contributed by atoms with van der Waals surface area (Å²) in [7, 11) is 0. The van der Waals surface area contributed by atoms with E-state index < -0.39 is 0 Å². The Morgan fingerprint density at radius 2 is 2.31 bits per heavy atom. The Labute approximate surface area is 77.5 Å². The van der Waals surface area contributed by atoms with Crippen molar-refractivity contribution in [1.29, 1.82) is 0 Å². The van der Waals surface area contributed by atoms with Crippen LogP contribution in [0, 0.1) is 0 Å². The largest absolute Gasteiger partial charge is 0.475 e. The summed E-state index contributed by atoms with van der Waals surface area (Å²) in [6.07, 6.45) is 0.116. The predicted octanol–water partition coefficient (Wildman–Crippen LogP) is 1.35. The number of nitrogens with one attached hydrogen (secondary N) is 1. The first-order chi connectivity index (χ1) is 6.22. The van der Waals surface area contributed by atoms with Crippen molar-refractivity contribution >= 4 is 0 Å². The zero-order valence-electron chi connectivity index (χ0n) is 7.82. The molecule has 0 amide bonds. The second-order valence-corrected chi connectivity index (χ2v) is 2.97. The van der Waals surface area contributed by atoms with Crippen LogP contribution in [0.5, 0.6) is 5.88 Å². The number of aromatic nitrogens is 1. The average Bonchev–Trinajstić information content (AvgIpc) is 2.04. The number of pyridine rings is 1. The van der Waals surface area contributed by atoms with E-state index in [2.05, 4.69) is 4.98 Å². The molecule has 72 valence electrons. The van der Waals surface area contributed by atoms with Crippen LogP contribution >= 0.6 is 0 Å². The fourth-order valence-corrected chi connectivity index (χ4v) is 0.944. The quantitative estimate of drug-likeness (QED) is 0.690. The van der Waals surface area contributed by atoms with Gasteiger partial charge in [-0.2, -0.15) is 5.48 Å². The summed E-state index contributed by atoms with van der Waals surface area (Å²) >= 11 is 0. The average molecular weight is 182 g/mol. The topological polar surface area (TPSA) is 54.4 Å². The maximum atomic E-state index is 8.46. The fraction of sp³-hybridized carbons (Fsp3) is 0.444. The van der Waals surface area contributed by atoms with Gasteiger partial charge in [0.1, 0.15) is 0 Å². The van der Waals surface area contributed by atoms with Crippen molar-refractivity contribution < 1.29 is 9.94 Å². The minimum Gasteiger partial charge on any atom is -0.475 e. The van der Waals surface area contributed by atoms with Crippen molar-refractivity contribution in [2.75, 3.05) is 0 Å². The van der Waals surface area contributed by atoms with Crippen LogP contribution in [0.1, 0.15) is 19.5 Å². The molecule has 1 rings (SSSR count). The van der Waals surface area contributed by atoms with Crippen molar-refractivity contribution in [2.45, 2.75) is 26.5 Å². The van der Waals surface area contributed by atoms with Gasteiger partial charge in [0.15, 0.2) is 0 Å². The highest BCUT2D eigenvalue weighted by molar-refractivity contribution is 5.15. The first kappa shape index (κ1) is 9.95. The van der Waals surface area contributed by atoms with E-state index in [1.54, 1.807) is 6.07 Å². The third kappa shape index (κ3) is 3.40. The van der Waals surface area contributed by atoms with E-state index in [-0.39, 0.29) is 6.10 Å². The molecule has 0 aliphatic heterocycles. The summed E-state index contributed by atoms with van der Waals surface area (Å²) in [6, 6.07) is 5.45. The lowest BCUT2D eigenvalue weighted by Gasteiger charge is -2.09. The number of hydroxylamine groups is 1. The summed E-state index contributed by atoms with van der Waals surface area (Å²) in [6.45, 7) is 4.21. The van der Waals surface area contributed by atoms with Gasteiger partial charge in [0, 0.05) is 6.07 Å². The van der Waals surface area contributed by atoms with Crippen molar-refractivity contribution in [3.63, 3.8) is 0 Å². The minimum atomic E-state index is 0.116. The maximum Gasteiger partial charge on any atom is 0.213 e. The van der Waals surface area contributed by atoms with Crippen LogP contribution < -0.4 is 10.2 Å². The number of nitrogens with zero attached hydrogens (tertiary/aromatic N) is 1. The standard InChI is InChI=1S/C9H14N2O2/c1-7(2)13-9-5-3-4-8(11-9)6-10-12/h3-5,7,10,12H,6H2,1-2H3. The van der Waals surface area contributed by atoms with Gasteiger partial charge in [-0.3, -0.25) is 0 Å². The van der Waals surface area contributed by atoms with Crippen LogP contribution in [0.4, 0.5) is 0 Å². The molecule has 1 aromatic heterocycles. The first-order valence-electron chi connectivity index (χ1n) is 4.22. The van der Waals surface area contributed by atoms with E-state index in [0.717, 1.165) is 5.69 Å². The third-order valence-corrected chi connectivity index (χ3v) is 1.40. The molecule has 0 atom stereocenters. The molecule has 0 bridgehead atoms. The highest BCUT2D eigenvalue weighted by atomic mass is 16.5. The van der Waals surface area contributed by atoms with Crippen LogP contribution in [0.2, 0.25) is 0 Å². The molecule has 4 heteroatoms. The smallest absolute Gasteiger partial charge is 0.213 e. The van der Waals surface area contributed by atoms with E-state index >= 15 is 0 Å². The maximum absolute atomic E-state index is 8.46. The Bertz CT molecular complexity index is 264. The van der Waals surface area contributed by atoms with Gasteiger partial charge in [0.05, 0.1) is 18.3 Å². The zero-order valence-corrected chi connectivity index (χ0v) is 7.82. The summed E-state index contributed by atoms with van der Waals surface area (Å²) in [5.41, 5.74) is 2.80. The lowest BCUT2D eigenvalue weighted by molar-refractivity contribution is 0.159. The Balaban J connectivity index is 2.67.